The van der Waals surface area contributed by atoms with Crippen LogP contribution in [-0.2, 0) is 11.2 Å². The van der Waals surface area contributed by atoms with Crippen LogP contribution < -0.4 is 10.1 Å². The molecule has 0 spiro atoms. The maximum absolute atomic E-state index is 5.56. The molecule has 0 saturated carbocycles. The first kappa shape index (κ1) is 10.5. The Balaban J connectivity index is 2.27. The third kappa shape index (κ3) is 2.13. The molecule has 1 aliphatic rings. The van der Waals surface area contributed by atoms with Gasteiger partial charge in [0, 0.05) is 7.11 Å². The summed E-state index contributed by atoms with van der Waals surface area (Å²) in [7, 11) is 3.60. The van der Waals surface area contributed by atoms with Gasteiger partial charge in [0.2, 0.25) is 0 Å². The summed E-state index contributed by atoms with van der Waals surface area (Å²) in [6.07, 6.45) is 2.17. The molecule has 1 heterocycles. The smallest absolute Gasteiger partial charge is 0.133 e. The molecule has 1 N–H and O–H groups in total. The van der Waals surface area contributed by atoms with E-state index in [1.165, 1.54) is 5.56 Å². The number of hydrogen-bond donors (Lipinski definition) is 1. The number of hydrogen-bond acceptors (Lipinski definition) is 3. The normalized spacial score (nSPS) is 16.7. The van der Waals surface area contributed by atoms with Crippen LogP contribution in [0.1, 0.15) is 23.8 Å². The summed E-state index contributed by atoms with van der Waals surface area (Å²) >= 11 is 0. The highest BCUT2D eigenvalue weighted by atomic mass is 16.5. The number of fused-ring (bicyclic) bond motifs is 1. The molecule has 2 rings (SSSR count). The molecule has 1 unspecified atom stereocenters. The fraction of sp³-hybridized carbons (Fsp3) is 0.500. The van der Waals surface area contributed by atoms with Crippen LogP contribution in [0, 0.1) is 0 Å². The van der Waals surface area contributed by atoms with E-state index in [0.717, 1.165) is 30.8 Å². The van der Waals surface area contributed by atoms with Crippen LogP contribution in [0.5, 0.6) is 5.75 Å². The van der Waals surface area contributed by atoms with E-state index < -0.39 is 0 Å². The van der Waals surface area contributed by atoms with Gasteiger partial charge in [-0.15, -0.1) is 0 Å². The summed E-state index contributed by atoms with van der Waals surface area (Å²) in [5, 5.41) is 3.11. The Hall–Kier alpha value is -1.06. The van der Waals surface area contributed by atoms with Crippen LogP contribution in [0.15, 0.2) is 18.2 Å². The number of ether oxygens (including phenoxy) is 2. The third-order valence-corrected chi connectivity index (χ3v) is 2.73. The van der Waals surface area contributed by atoms with Gasteiger partial charge >= 0.3 is 0 Å². The van der Waals surface area contributed by atoms with E-state index >= 15 is 0 Å². The fourth-order valence-corrected chi connectivity index (χ4v) is 1.96. The van der Waals surface area contributed by atoms with Gasteiger partial charge in [-0.05, 0) is 43.1 Å². The van der Waals surface area contributed by atoms with Crippen LogP contribution in [0.25, 0.3) is 0 Å². The SMILES string of the molecule is CNC(OC)c1ccc2c(c1)CCCO2. The highest BCUT2D eigenvalue weighted by Crippen LogP contribution is 2.27. The summed E-state index contributed by atoms with van der Waals surface area (Å²) in [5.74, 6) is 1.02. The zero-order chi connectivity index (χ0) is 10.7. The zero-order valence-corrected chi connectivity index (χ0v) is 9.25. The number of methoxy groups -OCH3 is 1. The molecule has 0 fully saturated rings. The second-order valence-corrected chi connectivity index (χ2v) is 3.72. The number of aryl methyl sites for hydroxylation is 1. The number of benzene rings is 1. The number of rotatable bonds is 3. The summed E-state index contributed by atoms with van der Waals surface area (Å²) in [6.45, 7) is 0.839. The molecule has 82 valence electrons. The van der Waals surface area contributed by atoms with E-state index in [9.17, 15) is 0 Å². The van der Waals surface area contributed by atoms with Gasteiger partial charge in [0.05, 0.1) is 6.61 Å². The van der Waals surface area contributed by atoms with Crippen LogP contribution in [0.4, 0.5) is 0 Å². The van der Waals surface area contributed by atoms with Crippen molar-refractivity contribution in [3.05, 3.63) is 29.3 Å². The molecule has 0 aromatic heterocycles. The second kappa shape index (κ2) is 4.64. The van der Waals surface area contributed by atoms with Gasteiger partial charge in [-0.2, -0.15) is 0 Å². The topological polar surface area (TPSA) is 30.5 Å². The minimum Gasteiger partial charge on any atom is -0.493 e. The molecule has 0 amide bonds. The second-order valence-electron chi connectivity index (χ2n) is 3.72. The van der Waals surface area contributed by atoms with E-state index in [-0.39, 0.29) is 6.23 Å². The largest absolute Gasteiger partial charge is 0.493 e. The predicted molar refractivity (Wildman–Crippen MR) is 59.1 cm³/mol. The van der Waals surface area contributed by atoms with Crippen LogP contribution in [-0.4, -0.2) is 20.8 Å². The molecule has 1 aliphatic heterocycles. The van der Waals surface area contributed by atoms with Crippen LogP contribution >= 0.6 is 0 Å². The number of nitrogens with one attached hydrogen (secondary N) is 1. The lowest BCUT2D eigenvalue weighted by Gasteiger charge is -2.20. The first-order valence-corrected chi connectivity index (χ1v) is 5.31. The molecule has 1 aromatic rings. The van der Waals surface area contributed by atoms with Crippen molar-refractivity contribution >= 4 is 0 Å². The molecule has 3 heteroatoms. The van der Waals surface area contributed by atoms with Gasteiger partial charge in [-0.1, -0.05) is 6.07 Å². The maximum atomic E-state index is 5.56. The van der Waals surface area contributed by atoms with Crippen molar-refractivity contribution in [3.8, 4) is 5.75 Å². The molecule has 1 atom stereocenters. The Kier molecular flexibility index (Phi) is 3.23. The van der Waals surface area contributed by atoms with Crippen LogP contribution in [0.2, 0.25) is 0 Å². The minimum atomic E-state index is -0.0303. The molecule has 0 saturated heterocycles. The van der Waals surface area contributed by atoms with Gasteiger partial charge in [-0.25, -0.2) is 0 Å². The predicted octanol–water partition coefficient (Wildman–Crippen LogP) is 1.88. The van der Waals surface area contributed by atoms with E-state index in [1.54, 1.807) is 7.11 Å². The average molecular weight is 207 g/mol. The molecule has 1 aromatic carbocycles. The Morgan fingerprint density at radius 3 is 3.07 bits per heavy atom. The first-order valence-electron chi connectivity index (χ1n) is 5.31. The van der Waals surface area contributed by atoms with Crippen molar-refractivity contribution in [1.29, 1.82) is 0 Å². The molecule has 0 bridgehead atoms. The summed E-state index contributed by atoms with van der Waals surface area (Å²) < 4.78 is 10.9. The van der Waals surface area contributed by atoms with Gasteiger partial charge in [0.25, 0.3) is 0 Å². The molecular weight excluding hydrogens is 190 g/mol. The van der Waals surface area contributed by atoms with Crippen molar-refractivity contribution in [2.24, 2.45) is 0 Å². The van der Waals surface area contributed by atoms with Gasteiger partial charge in [-0.3, -0.25) is 5.32 Å². The van der Waals surface area contributed by atoms with Crippen molar-refractivity contribution in [3.63, 3.8) is 0 Å². The molecule has 3 nitrogen and oxygen atoms in total. The monoisotopic (exact) mass is 207 g/mol. The summed E-state index contributed by atoms with van der Waals surface area (Å²) in [6, 6.07) is 6.25. The maximum Gasteiger partial charge on any atom is 0.133 e. The van der Waals surface area contributed by atoms with Crippen LogP contribution in [0.3, 0.4) is 0 Å². The van der Waals surface area contributed by atoms with E-state index in [0.29, 0.717) is 0 Å². The molecule has 0 aliphatic carbocycles. The van der Waals surface area contributed by atoms with Gasteiger partial charge < -0.3 is 9.47 Å². The third-order valence-electron chi connectivity index (χ3n) is 2.73. The standard InChI is InChI=1S/C12H17NO2/c1-13-12(14-2)10-5-6-11-9(8-10)4-3-7-15-11/h5-6,8,12-13H,3-4,7H2,1-2H3. The van der Waals surface area contributed by atoms with E-state index in [2.05, 4.69) is 17.4 Å². The Morgan fingerprint density at radius 1 is 1.47 bits per heavy atom. The van der Waals surface area contributed by atoms with Crippen molar-refractivity contribution in [1.82, 2.24) is 5.32 Å². The molecular formula is C12H17NO2. The van der Waals surface area contributed by atoms with Crippen molar-refractivity contribution < 1.29 is 9.47 Å². The average Bonchev–Trinajstić information content (AvgIpc) is 2.30. The Labute approximate surface area is 90.4 Å². The van der Waals surface area contributed by atoms with Gasteiger partial charge in [0.15, 0.2) is 0 Å². The Bertz CT molecular complexity index is 334. The van der Waals surface area contributed by atoms with E-state index in [4.69, 9.17) is 9.47 Å². The van der Waals surface area contributed by atoms with E-state index in [1.807, 2.05) is 13.1 Å². The molecule has 0 radical (unpaired) electrons. The lowest BCUT2D eigenvalue weighted by molar-refractivity contribution is 0.0807. The van der Waals surface area contributed by atoms with Crippen molar-refractivity contribution in [2.45, 2.75) is 19.1 Å². The minimum absolute atomic E-state index is 0.0303. The highest BCUT2D eigenvalue weighted by Gasteiger charge is 2.14. The van der Waals surface area contributed by atoms with Crippen molar-refractivity contribution in [2.75, 3.05) is 20.8 Å². The van der Waals surface area contributed by atoms with Gasteiger partial charge in [0.1, 0.15) is 12.0 Å². The zero-order valence-electron chi connectivity index (χ0n) is 9.25. The lowest BCUT2D eigenvalue weighted by atomic mass is 10.0. The quantitative estimate of drug-likeness (QED) is 0.768. The summed E-state index contributed by atoms with van der Waals surface area (Å²) in [5.41, 5.74) is 2.44. The lowest BCUT2D eigenvalue weighted by Crippen LogP contribution is -2.18. The Morgan fingerprint density at radius 2 is 2.33 bits per heavy atom. The molecule has 15 heavy (non-hydrogen) atoms. The highest BCUT2D eigenvalue weighted by molar-refractivity contribution is 5.39. The fourth-order valence-electron chi connectivity index (χ4n) is 1.96. The first-order chi connectivity index (χ1) is 7.35. The summed E-state index contributed by atoms with van der Waals surface area (Å²) in [4.78, 5) is 0.